The number of anilines is 1. The molecule has 0 saturated carbocycles. The first-order chi connectivity index (χ1) is 7.59. The van der Waals surface area contributed by atoms with Gasteiger partial charge in [-0.2, -0.15) is 0 Å². The molecule has 1 saturated heterocycles. The molecule has 0 aromatic heterocycles. The van der Waals surface area contributed by atoms with Crippen LogP contribution in [0.1, 0.15) is 12.0 Å². The van der Waals surface area contributed by atoms with Crippen molar-refractivity contribution in [3.63, 3.8) is 0 Å². The van der Waals surface area contributed by atoms with Gasteiger partial charge in [0, 0.05) is 17.8 Å². The number of amides is 1. The molecule has 0 aliphatic carbocycles. The molecule has 16 heavy (non-hydrogen) atoms. The zero-order valence-corrected chi connectivity index (χ0v) is 8.81. The maximum absolute atomic E-state index is 11.7. The summed E-state index contributed by atoms with van der Waals surface area (Å²) in [5.74, 6) is -0.0217. The van der Waals surface area contributed by atoms with Gasteiger partial charge in [-0.1, -0.05) is 0 Å². The summed E-state index contributed by atoms with van der Waals surface area (Å²) >= 11 is 0. The van der Waals surface area contributed by atoms with Crippen LogP contribution in [0.3, 0.4) is 0 Å². The second kappa shape index (κ2) is 3.94. The Labute approximate surface area is 93.5 Å². The number of carbonyl (C=O) groups is 1. The first-order valence-electron chi connectivity index (χ1n) is 5.11. The van der Waals surface area contributed by atoms with Crippen LogP contribution in [0.5, 0.6) is 0 Å². The van der Waals surface area contributed by atoms with E-state index < -0.39 is 0 Å². The fraction of sp³-hybridized carbons (Fsp3) is 0.273. The summed E-state index contributed by atoms with van der Waals surface area (Å²) in [6, 6.07) is 6.65. The largest absolute Gasteiger partial charge is 0.384 e. The Bertz CT molecular complexity index is 426. The lowest BCUT2D eigenvalue weighted by Crippen LogP contribution is -2.33. The lowest BCUT2D eigenvalue weighted by molar-refractivity contribution is -0.118. The topological polar surface area (TPSA) is 96.2 Å². The Morgan fingerprint density at radius 1 is 1.38 bits per heavy atom. The molecule has 1 aromatic rings. The summed E-state index contributed by atoms with van der Waals surface area (Å²) < 4.78 is 0. The van der Waals surface area contributed by atoms with E-state index in [1.165, 1.54) is 0 Å². The molecule has 1 aromatic carbocycles. The molecule has 5 N–H and O–H groups in total. The van der Waals surface area contributed by atoms with Crippen LogP contribution < -0.4 is 16.4 Å². The van der Waals surface area contributed by atoms with Crippen LogP contribution >= 0.6 is 0 Å². The molecule has 1 heterocycles. The third-order valence-corrected chi connectivity index (χ3v) is 2.74. The highest BCUT2D eigenvalue weighted by Gasteiger charge is 2.29. The molecule has 0 spiro atoms. The van der Waals surface area contributed by atoms with E-state index in [0.717, 1.165) is 5.69 Å². The lowest BCUT2D eigenvalue weighted by Gasteiger charge is -2.16. The molecule has 2 rings (SSSR count). The molecule has 1 aliphatic heterocycles. The van der Waals surface area contributed by atoms with Crippen molar-refractivity contribution in [3.05, 3.63) is 29.8 Å². The first-order valence-corrected chi connectivity index (χ1v) is 5.11. The highest BCUT2D eigenvalue weighted by atomic mass is 16.2. The number of hydrogen-bond donors (Lipinski definition) is 3. The van der Waals surface area contributed by atoms with Crippen LogP contribution in [-0.4, -0.2) is 24.3 Å². The van der Waals surface area contributed by atoms with Gasteiger partial charge in [0.25, 0.3) is 0 Å². The third kappa shape index (κ3) is 1.77. The van der Waals surface area contributed by atoms with E-state index in [1.807, 2.05) is 0 Å². The minimum Gasteiger partial charge on any atom is -0.384 e. The summed E-state index contributed by atoms with van der Waals surface area (Å²) in [5, 5.41) is 7.26. The SMILES string of the molecule is N=C(N)c1ccc(N2CCC(N)C2=O)cc1. The van der Waals surface area contributed by atoms with Crippen LogP contribution in [0.25, 0.3) is 0 Å². The standard InChI is InChI=1S/C11H14N4O/c12-9-5-6-15(11(9)16)8-3-1-7(2-4-8)10(13)14/h1-4,9H,5-6,12H2,(H3,13,14). The van der Waals surface area contributed by atoms with Gasteiger partial charge in [0.05, 0.1) is 6.04 Å². The van der Waals surface area contributed by atoms with Crippen LogP contribution in [-0.2, 0) is 4.79 Å². The van der Waals surface area contributed by atoms with Crippen molar-refractivity contribution in [1.29, 1.82) is 5.41 Å². The Balaban J connectivity index is 2.22. The highest BCUT2D eigenvalue weighted by molar-refractivity contribution is 6.00. The minimum absolute atomic E-state index is 0.0241. The molecule has 1 fully saturated rings. The van der Waals surface area contributed by atoms with E-state index in [4.69, 9.17) is 16.9 Å². The average molecular weight is 218 g/mol. The molecule has 1 amide bonds. The molecule has 5 nitrogen and oxygen atoms in total. The molecule has 1 atom stereocenters. The summed E-state index contributed by atoms with van der Waals surface area (Å²) in [4.78, 5) is 13.3. The van der Waals surface area contributed by atoms with E-state index >= 15 is 0 Å². The minimum atomic E-state index is -0.382. The second-order valence-corrected chi connectivity index (χ2v) is 3.85. The summed E-state index contributed by atoms with van der Waals surface area (Å²) in [6.07, 6.45) is 0.688. The number of rotatable bonds is 2. The number of nitrogen functional groups attached to an aromatic ring is 1. The van der Waals surface area contributed by atoms with Crippen molar-refractivity contribution >= 4 is 17.4 Å². The quantitative estimate of drug-likeness (QED) is 0.483. The average Bonchev–Trinajstić information content (AvgIpc) is 2.60. The van der Waals surface area contributed by atoms with Gasteiger partial charge in [-0.25, -0.2) is 0 Å². The summed E-state index contributed by atoms with van der Waals surface area (Å²) in [6.45, 7) is 0.652. The smallest absolute Gasteiger partial charge is 0.243 e. The first kappa shape index (κ1) is 10.6. The molecule has 0 bridgehead atoms. The van der Waals surface area contributed by atoms with Crippen molar-refractivity contribution in [2.75, 3.05) is 11.4 Å². The number of amidine groups is 1. The molecule has 84 valence electrons. The number of benzene rings is 1. The normalized spacial score (nSPS) is 20.2. The van der Waals surface area contributed by atoms with Gasteiger partial charge in [-0.3, -0.25) is 10.2 Å². The van der Waals surface area contributed by atoms with Crippen molar-refractivity contribution in [2.24, 2.45) is 11.5 Å². The van der Waals surface area contributed by atoms with Crippen LogP contribution in [0.15, 0.2) is 24.3 Å². The Morgan fingerprint density at radius 2 is 2.00 bits per heavy atom. The predicted molar refractivity (Wildman–Crippen MR) is 62.4 cm³/mol. The van der Waals surface area contributed by atoms with Gasteiger partial charge in [0.2, 0.25) is 5.91 Å². The third-order valence-electron chi connectivity index (χ3n) is 2.74. The van der Waals surface area contributed by atoms with Crippen molar-refractivity contribution in [2.45, 2.75) is 12.5 Å². The lowest BCUT2D eigenvalue weighted by atomic mass is 10.2. The zero-order valence-electron chi connectivity index (χ0n) is 8.81. The Hall–Kier alpha value is -1.88. The Kier molecular flexibility index (Phi) is 2.62. The van der Waals surface area contributed by atoms with Gasteiger partial charge in [0.15, 0.2) is 0 Å². The van der Waals surface area contributed by atoms with Crippen LogP contribution in [0.4, 0.5) is 5.69 Å². The van der Waals surface area contributed by atoms with Crippen molar-refractivity contribution in [3.8, 4) is 0 Å². The maximum atomic E-state index is 11.7. The predicted octanol–water partition coefficient (Wildman–Crippen LogP) is 0.0347. The van der Waals surface area contributed by atoms with Crippen molar-refractivity contribution < 1.29 is 4.79 Å². The molecule has 0 radical (unpaired) electrons. The number of nitrogens with two attached hydrogens (primary N) is 2. The van der Waals surface area contributed by atoms with Gasteiger partial charge < -0.3 is 16.4 Å². The monoisotopic (exact) mass is 218 g/mol. The van der Waals surface area contributed by atoms with Gasteiger partial charge in [-0.15, -0.1) is 0 Å². The van der Waals surface area contributed by atoms with Gasteiger partial charge in [-0.05, 0) is 30.7 Å². The van der Waals surface area contributed by atoms with E-state index in [1.54, 1.807) is 29.2 Å². The van der Waals surface area contributed by atoms with Crippen LogP contribution in [0.2, 0.25) is 0 Å². The molecule has 1 aliphatic rings. The van der Waals surface area contributed by atoms with E-state index in [0.29, 0.717) is 18.5 Å². The van der Waals surface area contributed by atoms with Crippen LogP contribution in [0, 0.1) is 5.41 Å². The fourth-order valence-electron chi connectivity index (χ4n) is 1.78. The van der Waals surface area contributed by atoms with Crippen molar-refractivity contribution in [1.82, 2.24) is 0 Å². The molecular formula is C11H14N4O. The highest BCUT2D eigenvalue weighted by Crippen LogP contribution is 2.21. The molecule has 1 unspecified atom stereocenters. The fourth-order valence-corrected chi connectivity index (χ4v) is 1.78. The maximum Gasteiger partial charge on any atom is 0.243 e. The Morgan fingerprint density at radius 3 is 2.44 bits per heavy atom. The molecular weight excluding hydrogens is 204 g/mol. The number of hydrogen-bond acceptors (Lipinski definition) is 3. The summed E-state index contributed by atoms with van der Waals surface area (Å²) in [5.41, 5.74) is 12.4. The van der Waals surface area contributed by atoms with E-state index in [-0.39, 0.29) is 17.8 Å². The second-order valence-electron chi connectivity index (χ2n) is 3.85. The van der Waals surface area contributed by atoms with Gasteiger partial charge >= 0.3 is 0 Å². The number of nitrogens with one attached hydrogen (secondary N) is 1. The molecule has 5 heteroatoms. The zero-order chi connectivity index (χ0) is 11.7. The number of nitrogens with zero attached hydrogens (tertiary/aromatic N) is 1. The van der Waals surface area contributed by atoms with Gasteiger partial charge in [0.1, 0.15) is 5.84 Å². The summed E-state index contributed by atoms with van der Waals surface area (Å²) in [7, 11) is 0. The van der Waals surface area contributed by atoms with E-state index in [9.17, 15) is 4.79 Å². The van der Waals surface area contributed by atoms with E-state index in [2.05, 4.69) is 0 Å². The number of carbonyl (C=O) groups excluding carboxylic acids is 1.